The van der Waals surface area contributed by atoms with Crippen LogP contribution in [0.3, 0.4) is 0 Å². The molecule has 2 aromatic rings. The molecule has 1 heterocycles. The minimum Gasteiger partial charge on any atom is -0.323 e. The molecule has 0 spiro atoms. The van der Waals surface area contributed by atoms with Crippen LogP contribution >= 0.6 is 11.6 Å². The number of rotatable bonds is 5. The fourth-order valence-electron chi connectivity index (χ4n) is 4.18. The molecule has 0 saturated carbocycles. The average molecular weight is 466 g/mol. The van der Waals surface area contributed by atoms with Crippen molar-refractivity contribution in [3.8, 4) is 0 Å². The largest absolute Gasteiger partial charge is 0.323 e. The Bertz CT molecular complexity index is 1100. The minimum absolute atomic E-state index is 0.130. The predicted octanol–water partition coefficient (Wildman–Crippen LogP) is 3.30. The SMILES string of the molecule is C[C@@H](C(=O)Nc1ccc(F)cc1Cl)N1CCN(S(=O)(=O)c2ccc3c(c2)CCC3)CC1. The van der Waals surface area contributed by atoms with Gasteiger partial charge < -0.3 is 5.32 Å². The third-order valence-electron chi connectivity index (χ3n) is 6.10. The highest BCUT2D eigenvalue weighted by Gasteiger charge is 2.32. The lowest BCUT2D eigenvalue weighted by atomic mass is 10.1. The summed E-state index contributed by atoms with van der Waals surface area (Å²) >= 11 is 5.99. The summed E-state index contributed by atoms with van der Waals surface area (Å²) in [5.41, 5.74) is 2.71. The van der Waals surface area contributed by atoms with E-state index in [4.69, 9.17) is 11.6 Å². The maximum atomic E-state index is 13.2. The van der Waals surface area contributed by atoms with Crippen molar-refractivity contribution in [2.24, 2.45) is 0 Å². The highest BCUT2D eigenvalue weighted by molar-refractivity contribution is 7.89. The van der Waals surface area contributed by atoms with E-state index < -0.39 is 21.9 Å². The number of benzene rings is 2. The van der Waals surface area contributed by atoms with Crippen molar-refractivity contribution < 1.29 is 17.6 Å². The van der Waals surface area contributed by atoms with Gasteiger partial charge in [0, 0.05) is 26.2 Å². The number of carbonyl (C=O) groups excluding carboxylic acids is 1. The van der Waals surface area contributed by atoms with Crippen molar-refractivity contribution in [1.29, 1.82) is 0 Å². The molecule has 166 valence electrons. The Morgan fingerprint density at radius 1 is 1.06 bits per heavy atom. The Morgan fingerprint density at radius 2 is 1.77 bits per heavy atom. The molecule has 1 fully saturated rings. The van der Waals surface area contributed by atoms with Gasteiger partial charge in [0.25, 0.3) is 0 Å². The summed E-state index contributed by atoms with van der Waals surface area (Å²) in [6, 6.07) is 8.76. The second kappa shape index (κ2) is 8.86. The lowest BCUT2D eigenvalue weighted by Crippen LogP contribution is -2.53. The van der Waals surface area contributed by atoms with Gasteiger partial charge in [-0.1, -0.05) is 17.7 Å². The van der Waals surface area contributed by atoms with Gasteiger partial charge in [-0.15, -0.1) is 0 Å². The molecule has 0 aromatic heterocycles. The third-order valence-corrected chi connectivity index (χ3v) is 8.30. The topological polar surface area (TPSA) is 69.7 Å². The van der Waals surface area contributed by atoms with E-state index in [-0.39, 0.29) is 10.9 Å². The van der Waals surface area contributed by atoms with Crippen molar-refractivity contribution in [3.05, 3.63) is 58.4 Å². The van der Waals surface area contributed by atoms with Crippen LogP contribution in [-0.2, 0) is 27.7 Å². The molecule has 4 rings (SSSR count). The van der Waals surface area contributed by atoms with Crippen LogP contribution in [0.1, 0.15) is 24.5 Å². The number of hydrogen-bond acceptors (Lipinski definition) is 4. The van der Waals surface area contributed by atoms with E-state index in [1.165, 1.54) is 22.0 Å². The fourth-order valence-corrected chi connectivity index (χ4v) is 5.87. The van der Waals surface area contributed by atoms with Crippen molar-refractivity contribution in [1.82, 2.24) is 9.21 Å². The lowest BCUT2D eigenvalue weighted by Gasteiger charge is -2.36. The molecule has 0 bridgehead atoms. The Labute approximate surface area is 187 Å². The smallest absolute Gasteiger partial charge is 0.243 e. The number of sulfonamides is 1. The van der Waals surface area contributed by atoms with Crippen LogP contribution in [0.15, 0.2) is 41.3 Å². The molecule has 1 aliphatic heterocycles. The second-order valence-corrected chi connectivity index (χ2v) is 10.4. The molecular weight excluding hydrogens is 441 g/mol. The number of piperazine rings is 1. The van der Waals surface area contributed by atoms with Gasteiger partial charge in [-0.05, 0) is 67.6 Å². The second-order valence-electron chi connectivity index (χ2n) is 8.01. The first-order valence-electron chi connectivity index (χ1n) is 10.4. The van der Waals surface area contributed by atoms with E-state index in [2.05, 4.69) is 5.32 Å². The molecule has 1 saturated heterocycles. The van der Waals surface area contributed by atoms with Crippen molar-refractivity contribution in [2.45, 2.75) is 37.1 Å². The van der Waals surface area contributed by atoms with E-state index in [0.29, 0.717) is 36.8 Å². The Hall–Kier alpha value is -2.00. The quantitative estimate of drug-likeness (QED) is 0.735. The fraction of sp³-hybridized carbons (Fsp3) is 0.409. The monoisotopic (exact) mass is 465 g/mol. The molecule has 1 aliphatic carbocycles. The van der Waals surface area contributed by atoms with Gasteiger partial charge in [-0.2, -0.15) is 4.31 Å². The van der Waals surface area contributed by atoms with E-state index >= 15 is 0 Å². The summed E-state index contributed by atoms with van der Waals surface area (Å²) in [4.78, 5) is 14.9. The summed E-state index contributed by atoms with van der Waals surface area (Å²) in [5, 5.41) is 2.84. The first-order valence-corrected chi connectivity index (χ1v) is 12.2. The van der Waals surface area contributed by atoms with Gasteiger partial charge in [-0.25, -0.2) is 12.8 Å². The molecule has 31 heavy (non-hydrogen) atoms. The normalized spacial score (nSPS) is 18.5. The average Bonchev–Trinajstić information content (AvgIpc) is 3.23. The van der Waals surface area contributed by atoms with E-state index in [9.17, 15) is 17.6 Å². The highest BCUT2D eigenvalue weighted by Crippen LogP contribution is 2.27. The summed E-state index contributed by atoms with van der Waals surface area (Å²) in [6.07, 6.45) is 3.01. The van der Waals surface area contributed by atoms with Crippen molar-refractivity contribution in [3.63, 3.8) is 0 Å². The van der Waals surface area contributed by atoms with Crippen LogP contribution in [0.5, 0.6) is 0 Å². The Kier molecular flexibility index (Phi) is 6.35. The molecule has 6 nitrogen and oxygen atoms in total. The minimum atomic E-state index is -3.56. The number of nitrogens with one attached hydrogen (secondary N) is 1. The van der Waals surface area contributed by atoms with Crippen LogP contribution < -0.4 is 5.32 Å². The Balaban J connectivity index is 1.38. The number of hydrogen-bond donors (Lipinski definition) is 1. The van der Waals surface area contributed by atoms with Gasteiger partial charge in [0.15, 0.2) is 0 Å². The number of anilines is 1. The zero-order valence-electron chi connectivity index (χ0n) is 17.3. The summed E-state index contributed by atoms with van der Waals surface area (Å²) in [6.45, 7) is 3.27. The highest BCUT2D eigenvalue weighted by atomic mass is 35.5. The van der Waals surface area contributed by atoms with Gasteiger partial charge in [-0.3, -0.25) is 9.69 Å². The molecular formula is C22H25ClFN3O3S. The third kappa shape index (κ3) is 4.62. The number of amides is 1. The maximum Gasteiger partial charge on any atom is 0.243 e. The number of halogens is 2. The van der Waals surface area contributed by atoms with Crippen molar-refractivity contribution in [2.75, 3.05) is 31.5 Å². The summed E-state index contributed by atoms with van der Waals surface area (Å²) < 4.78 is 40.9. The van der Waals surface area contributed by atoms with Crippen LogP contribution in [0, 0.1) is 5.82 Å². The molecule has 0 unspecified atom stereocenters. The first-order chi connectivity index (χ1) is 14.8. The zero-order valence-corrected chi connectivity index (χ0v) is 18.8. The number of carbonyl (C=O) groups is 1. The van der Waals surface area contributed by atoms with Gasteiger partial charge in [0.1, 0.15) is 5.82 Å². The first kappa shape index (κ1) is 22.2. The van der Waals surface area contributed by atoms with Crippen LogP contribution in [0.4, 0.5) is 10.1 Å². The maximum absolute atomic E-state index is 13.2. The zero-order chi connectivity index (χ0) is 22.2. The molecule has 9 heteroatoms. The molecule has 1 atom stereocenters. The van der Waals surface area contributed by atoms with Gasteiger partial charge in [0.2, 0.25) is 15.9 Å². The Morgan fingerprint density at radius 3 is 2.48 bits per heavy atom. The number of fused-ring (bicyclic) bond motifs is 1. The number of nitrogens with zero attached hydrogens (tertiary/aromatic N) is 2. The van der Waals surface area contributed by atoms with Gasteiger partial charge >= 0.3 is 0 Å². The lowest BCUT2D eigenvalue weighted by molar-refractivity contribution is -0.121. The molecule has 1 N–H and O–H groups in total. The van der Waals surface area contributed by atoms with Gasteiger partial charge in [0.05, 0.1) is 21.6 Å². The number of aryl methyl sites for hydroxylation is 2. The summed E-state index contributed by atoms with van der Waals surface area (Å²) in [5.74, 6) is -0.750. The van der Waals surface area contributed by atoms with E-state index in [0.717, 1.165) is 30.9 Å². The van der Waals surface area contributed by atoms with E-state index in [1.54, 1.807) is 13.0 Å². The van der Waals surface area contributed by atoms with Crippen molar-refractivity contribution >= 4 is 33.2 Å². The van der Waals surface area contributed by atoms with Crippen LogP contribution in [0.2, 0.25) is 5.02 Å². The van der Waals surface area contributed by atoms with Crippen LogP contribution in [-0.4, -0.2) is 55.8 Å². The van der Waals surface area contributed by atoms with E-state index in [1.807, 2.05) is 17.0 Å². The standard InChI is InChI=1S/C22H25ClFN3O3S/c1-15(22(28)25-21-8-6-18(24)14-20(21)23)26-9-11-27(12-10-26)31(29,30)19-7-5-16-3-2-4-17(16)13-19/h5-8,13-15H,2-4,9-12H2,1H3,(H,25,28)/t15-/m0/s1. The van der Waals surface area contributed by atoms with Crippen LogP contribution in [0.25, 0.3) is 0 Å². The molecule has 2 aliphatic rings. The predicted molar refractivity (Wildman–Crippen MR) is 118 cm³/mol. The molecule has 1 amide bonds. The summed E-state index contributed by atoms with van der Waals surface area (Å²) in [7, 11) is -3.56. The molecule has 2 aromatic carbocycles. The molecule has 0 radical (unpaired) electrons.